The van der Waals surface area contributed by atoms with Crippen LogP contribution in [0.2, 0.25) is 0 Å². The minimum absolute atomic E-state index is 0. The average molecular weight is 466 g/mol. The molecule has 0 saturated carbocycles. The number of guanidine groups is 1. The van der Waals surface area contributed by atoms with E-state index in [9.17, 15) is 0 Å². The number of terminal acetylenes is 1. The first kappa shape index (κ1) is 21.0. The fraction of sp³-hybridized carbons (Fsp3) is 0.571. The van der Waals surface area contributed by atoms with E-state index < -0.39 is 0 Å². The molecular formula is C21H31IN4. The van der Waals surface area contributed by atoms with Crippen molar-refractivity contribution in [2.75, 3.05) is 32.7 Å². The van der Waals surface area contributed by atoms with Gasteiger partial charge in [-0.05, 0) is 44.2 Å². The van der Waals surface area contributed by atoms with E-state index in [2.05, 4.69) is 63.3 Å². The maximum atomic E-state index is 5.39. The Morgan fingerprint density at radius 2 is 2.08 bits per heavy atom. The minimum atomic E-state index is 0. The summed E-state index contributed by atoms with van der Waals surface area (Å²) in [5.74, 6) is 4.33. The topological polar surface area (TPSA) is 30.9 Å². The summed E-state index contributed by atoms with van der Waals surface area (Å²) in [5.41, 5.74) is 1.43. The maximum Gasteiger partial charge on any atom is 0.194 e. The molecule has 2 unspecified atom stereocenters. The van der Waals surface area contributed by atoms with Crippen molar-refractivity contribution < 1.29 is 0 Å². The van der Waals surface area contributed by atoms with Crippen molar-refractivity contribution in [1.82, 2.24) is 15.1 Å². The molecule has 1 N–H and O–H groups in total. The predicted molar refractivity (Wildman–Crippen MR) is 120 cm³/mol. The third kappa shape index (κ3) is 5.37. The zero-order valence-corrected chi connectivity index (χ0v) is 18.1. The predicted octanol–water partition coefficient (Wildman–Crippen LogP) is 3.19. The van der Waals surface area contributed by atoms with E-state index in [1.54, 1.807) is 0 Å². The fourth-order valence-corrected chi connectivity index (χ4v) is 4.26. The molecule has 2 saturated heterocycles. The SMILES string of the molecule is C#CCN=C(NCC)N1CCC2C(CCCN2Cc2ccccc2)C1.I. The van der Waals surface area contributed by atoms with Crippen molar-refractivity contribution >= 4 is 29.9 Å². The van der Waals surface area contributed by atoms with Crippen LogP contribution in [-0.4, -0.2) is 54.5 Å². The number of hydrogen-bond donors (Lipinski definition) is 1. The van der Waals surface area contributed by atoms with E-state index in [0.29, 0.717) is 12.6 Å². The molecule has 1 aromatic rings. The molecule has 0 bridgehead atoms. The van der Waals surface area contributed by atoms with Crippen LogP contribution in [0.15, 0.2) is 35.3 Å². The van der Waals surface area contributed by atoms with Gasteiger partial charge >= 0.3 is 0 Å². The van der Waals surface area contributed by atoms with Crippen molar-refractivity contribution in [3.63, 3.8) is 0 Å². The third-order valence-corrected chi connectivity index (χ3v) is 5.37. The molecule has 0 aromatic heterocycles. The van der Waals surface area contributed by atoms with Gasteiger partial charge in [-0.1, -0.05) is 36.3 Å². The summed E-state index contributed by atoms with van der Waals surface area (Å²) in [6.07, 6.45) is 9.21. The Labute approximate surface area is 175 Å². The lowest BCUT2D eigenvalue weighted by Gasteiger charge is -2.48. The number of halogens is 1. The van der Waals surface area contributed by atoms with Gasteiger partial charge in [0.25, 0.3) is 0 Å². The van der Waals surface area contributed by atoms with Gasteiger partial charge in [-0.2, -0.15) is 0 Å². The largest absolute Gasteiger partial charge is 0.356 e. The fourth-order valence-electron chi connectivity index (χ4n) is 4.26. The van der Waals surface area contributed by atoms with Gasteiger partial charge in [0.1, 0.15) is 6.54 Å². The van der Waals surface area contributed by atoms with Crippen molar-refractivity contribution in [2.24, 2.45) is 10.9 Å². The normalized spacial score (nSPS) is 23.5. The van der Waals surface area contributed by atoms with Crippen LogP contribution >= 0.6 is 24.0 Å². The van der Waals surface area contributed by atoms with Crippen LogP contribution in [0.3, 0.4) is 0 Å². The highest BCUT2D eigenvalue weighted by Gasteiger charge is 2.36. The second kappa shape index (κ2) is 10.8. The molecule has 2 aliphatic heterocycles. The number of piperidine rings is 2. The summed E-state index contributed by atoms with van der Waals surface area (Å²) in [4.78, 5) is 9.67. The first-order valence-electron chi connectivity index (χ1n) is 9.56. The summed E-state index contributed by atoms with van der Waals surface area (Å²) >= 11 is 0. The number of rotatable bonds is 4. The Kier molecular flexibility index (Phi) is 8.73. The highest BCUT2D eigenvalue weighted by molar-refractivity contribution is 14.0. The summed E-state index contributed by atoms with van der Waals surface area (Å²) in [6.45, 7) is 7.89. The molecule has 0 aliphatic carbocycles. The van der Waals surface area contributed by atoms with Crippen LogP contribution in [0.25, 0.3) is 0 Å². The van der Waals surface area contributed by atoms with E-state index in [4.69, 9.17) is 6.42 Å². The molecule has 142 valence electrons. The quantitative estimate of drug-likeness (QED) is 0.320. The lowest BCUT2D eigenvalue weighted by molar-refractivity contribution is 0.0373. The molecule has 2 fully saturated rings. The highest BCUT2D eigenvalue weighted by Crippen LogP contribution is 2.31. The highest BCUT2D eigenvalue weighted by atomic mass is 127. The molecule has 4 nitrogen and oxygen atoms in total. The Hall–Kier alpha value is -1.26. The van der Waals surface area contributed by atoms with E-state index in [0.717, 1.165) is 38.1 Å². The van der Waals surface area contributed by atoms with Crippen LogP contribution in [0.4, 0.5) is 0 Å². The van der Waals surface area contributed by atoms with Gasteiger partial charge in [0.15, 0.2) is 5.96 Å². The zero-order valence-electron chi connectivity index (χ0n) is 15.7. The van der Waals surface area contributed by atoms with Crippen molar-refractivity contribution in [1.29, 1.82) is 0 Å². The van der Waals surface area contributed by atoms with Crippen LogP contribution in [-0.2, 0) is 6.54 Å². The minimum Gasteiger partial charge on any atom is -0.356 e. The molecular weight excluding hydrogens is 435 g/mol. The number of fused-ring (bicyclic) bond motifs is 1. The van der Waals surface area contributed by atoms with Gasteiger partial charge in [-0.25, -0.2) is 4.99 Å². The maximum absolute atomic E-state index is 5.39. The van der Waals surface area contributed by atoms with Crippen LogP contribution in [0.5, 0.6) is 0 Å². The molecule has 3 rings (SSSR count). The van der Waals surface area contributed by atoms with Gasteiger partial charge in [-0.3, -0.25) is 4.90 Å². The number of benzene rings is 1. The smallest absolute Gasteiger partial charge is 0.194 e. The first-order chi connectivity index (χ1) is 12.3. The molecule has 2 aliphatic rings. The third-order valence-electron chi connectivity index (χ3n) is 5.37. The Morgan fingerprint density at radius 1 is 1.27 bits per heavy atom. The van der Waals surface area contributed by atoms with Crippen LogP contribution in [0, 0.1) is 18.3 Å². The van der Waals surface area contributed by atoms with Gasteiger partial charge in [0, 0.05) is 32.2 Å². The van der Waals surface area contributed by atoms with Crippen molar-refractivity contribution in [3.05, 3.63) is 35.9 Å². The number of nitrogens with one attached hydrogen (secondary N) is 1. The number of likely N-dealkylation sites (tertiary alicyclic amines) is 2. The lowest BCUT2D eigenvalue weighted by atomic mass is 9.83. The molecule has 0 radical (unpaired) electrons. The summed E-state index contributed by atoms with van der Waals surface area (Å²) in [5, 5.41) is 3.40. The number of hydrogen-bond acceptors (Lipinski definition) is 2. The van der Waals surface area contributed by atoms with Crippen LogP contribution < -0.4 is 5.32 Å². The molecule has 26 heavy (non-hydrogen) atoms. The number of aliphatic imine (C=N–C) groups is 1. The summed E-state index contributed by atoms with van der Waals surface area (Å²) < 4.78 is 0. The van der Waals surface area contributed by atoms with Gasteiger partial charge in [0.2, 0.25) is 0 Å². The van der Waals surface area contributed by atoms with E-state index in [1.165, 1.54) is 31.4 Å². The summed E-state index contributed by atoms with van der Waals surface area (Å²) in [6, 6.07) is 11.6. The van der Waals surface area contributed by atoms with E-state index >= 15 is 0 Å². The van der Waals surface area contributed by atoms with E-state index in [1.807, 2.05) is 0 Å². The first-order valence-corrected chi connectivity index (χ1v) is 9.56. The van der Waals surface area contributed by atoms with Gasteiger partial charge in [0.05, 0.1) is 0 Å². The zero-order chi connectivity index (χ0) is 17.5. The molecule has 0 spiro atoms. The Morgan fingerprint density at radius 3 is 2.81 bits per heavy atom. The number of nitrogens with zero attached hydrogens (tertiary/aromatic N) is 3. The monoisotopic (exact) mass is 466 g/mol. The molecule has 2 heterocycles. The summed E-state index contributed by atoms with van der Waals surface area (Å²) in [7, 11) is 0. The second-order valence-corrected chi connectivity index (χ2v) is 7.03. The van der Waals surface area contributed by atoms with Crippen LogP contribution in [0.1, 0.15) is 31.7 Å². The average Bonchev–Trinajstić information content (AvgIpc) is 2.66. The molecule has 2 atom stereocenters. The van der Waals surface area contributed by atoms with E-state index in [-0.39, 0.29) is 24.0 Å². The van der Waals surface area contributed by atoms with Gasteiger partial charge < -0.3 is 10.2 Å². The molecule has 0 amide bonds. The van der Waals surface area contributed by atoms with Crippen molar-refractivity contribution in [2.45, 2.75) is 38.8 Å². The van der Waals surface area contributed by atoms with Gasteiger partial charge in [-0.15, -0.1) is 30.4 Å². The van der Waals surface area contributed by atoms with Crippen molar-refractivity contribution in [3.8, 4) is 12.3 Å². The lowest BCUT2D eigenvalue weighted by Crippen LogP contribution is -2.56. The molecule has 5 heteroatoms. The second-order valence-electron chi connectivity index (χ2n) is 7.03. The molecule has 1 aromatic carbocycles. The Bertz CT molecular complexity index is 610. The Balaban J connectivity index is 0.00000243. The standard InChI is InChI=1S/C21H30N4.HI/c1-3-13-23-21(22-4-2)25-15-12-20-19(17-25)11-8-14-24(20)16-18-9-6-5-7-10-18;/h1,5-7,9-10,19-20H,4,8,11-17H2,2H3,(H,22,23);1H.